The fraction of sp³-hybridized carbons (Fsp3) is 0.636. The van der Waals surface area contributed by atoms with Crippen LogP contribution >= 0.6 is 0 Å². The van der Waals surface area contributed by atoms with Crippen LogP contribution in [-0.4, -0.2) is 50.9 Å². The van der Waals surface area contributed by atoms with Gasteiger partial charge in [-0.25, -0.2) is 23.1 Å². The Bertz CT molecular complexity index is 541. The molecule has 0 aliphatic carbocycles. The fourth-order valence-corrected chi connectivity index (χ4v) is 2.23. The Kier molecular flexibility index (Phi) is 4.33. The number of anilines is 1. The molecule has 1 aliphatic heterocycles. The number of hydrogen-bond donors (Lipinski definition) is 1. The highest BCUT2D eigenvalue weighted by Crippen LogP contribution is 2.12. The van der Waals surface area contributed by atoms with E-state index < -0.39 is 10.0 Å². The second-order valence-electron chi connectivity index (χ2n) is 4.49. The zero-order valence-corrected chi connectivity index (χ0v) is 11.9. The molecule has 8 heteroatoms. The lowest BCUT2D eigenvalue weighted by Gasteiger charge is -2.27. The minimum atomic E-state index is -3.22. The highest BCUT2D eigenvalue weighted by atomic mass is 32.2. The lowest BCUT2D eigenvalue weighted by atomic mass is 10.3. The summed E-state index contributed by atoms with van der Waals surface area (Å²) >= 11 is 0. The van der Waals surface area contributed by atoms with Crippen LogP contribution in [0.25, 0.3) is 0 Å². The summed E-state index contributed by atoms with van der Waals surface area (Å²) in [6.45, 7) is 4.88. The van der Waals surface area contributed by atoms with E-state index in [0.29, 0.717) is 24.9 Å². The van der Waals surface area contributed by atoms with E-state index >= 15 is 0 Å². The molecule has 1 N–H and O–H groups in total. The van der Waals surface area contributed by atoms with Crippen LogP contribution in [0.3, 0.4) is 0 Å². The number of hydrogen-bond acceptors (Lipinski definition) is 6. The average Bonchev–Trinajstić information content (AvgIpc) is 2.36. The van der Waals surface area contributed by atoms with Crippen molar-refractivity contribution in [3.63, 3.8) is 0 Å². The third-order valence-corrected chi connectivity index (χ3v) is 3.37. The molecule has 19 heavy (non-hydrogen) atoms. The van der Waals surface area contributed by atoms with Crippen molar-refractivity contribution in [2.75, 3.05) is 37.5 Å². The maximum atomic E-state index is 11.1. The Balaban J connectivity index is 2.14. The molecular weight excluding hydrogens is 268 g/mol. The molecule has 106 valence electrons. The van der Waals surface area contributed by atoms with Crippen molar-refractivity contribution in [3.8, 4) is 0 Å². The zero-order valence-electron chi connectivity index (χ0n) is 11.1. The van der Waals surface area contributed by atoms with Crippen LogP contribution in [-0.2, 0) is 21.3 Å². The number of aryl methyl sites for hydroxylation is 1. The van der Waals surface area contributed by atoms with Gasteiger partial charge in [0.2, 0.25) is 16.0 Å². The molecule has 0 saturated carbocycles. The normalized spacial score (nSPS) is 16.6. The second-order valence-corrected chi connectivity index (χ2v) is 6.33. The van der Waals surface area contributed by atoms with Crippen LogP contribution in [0.2, 0.25) is 0 Å². The van der Waals surface area contributed by atoms with Crippen molar-refractivity contribution in [1.29, 1.82) is 0 Å². The first kappa shape index (κ1) is 14.2. The van der Waals surface area contributed by atoms with Gasteiger partial charge in [0.1, 0.15) is 0 Å². The molecular formula is C11H18N4O3S. The van der Waals surface area contributed by atoms with Crippen LogP contribution < -0.4 is 9.62 Å². The maximum absolute atomic E-state index is 11.1. The van der Waals surface area contributed by atoms with E-state index in [4.69, 9.17) is 4.74 Å². The van der Waals surface area contributed by atoms with E-state index in [0.717, 1.165) is 25.0 Å². The predicted octanol–water partition coefficient (Wildman–Crippen LogP) is -0.329. The molecule has 1 aliphatic rings. The van der Waals surface area contributed by atoms with E-state index in [1.54, 1.807) is 6.07 Å². The lowest BCUT2D eigenvalue weighted by molar-refractivity contribution is 0.122. The molecule has 2 heterocycles. The lowest BCUT2D eigenvalue weighted by Crippen LogP contribution is -2.37. The van der Waals surface area contributed by atoms with Crippen LogP contribution in [0.4, 0.5) is 5.95 Å². The topological polar surface area (TPSA) is 84.4 Å². The summed E-state index contributed by atoms with van der Waals surface area (Å²) in [4.78, 5) is 10.8. The van der Waals surface area contributed by atoms with Gasteiger partial charge in [-0.2, -0.15) is 0 Å². The summed E-state index contributed by atoms with van der Waals surface area (Å²) < 4.78 is 29.9. The van der Waals surface area contributed by atoms with Crippen molar-refractivity contribution in [3.05, 3.63) is 17.5 Å². The van der Waals surface area contributed by atoms with Crippen LogP contribution in [0.5, 0.6) is 0 Å². The average molecular weight is 286 g/mol. The predicted molar refractivity (Wildman–Crippen MR) is 71.5 cm³/mol. The second kappa shape index (κ2) is 5.81. The Morgan fingerprint density at radius 1 is 1.37 bits per heavy atom. The van der Waals surface area contributed by atoms with E-state index in [-0.39, 0.29) is 6.54 Å². The minimum absolute atomic E-state index is 0.180. The zero-order chi connectivity index (χ0) is 13.9. The molecule has 1 fully saturated rings. The van der Waals surface area contributed by atoms with Gasteiger partial charge in [-0.15, -0.1) is 0 Å². The summed E-state index contributed by atoms with van der Waals surface area (Å²) in [6.07, 6.45) is 1.13. The van der Waals surface area contributed by atoms with Crippen LogP contribution in [0.15, 0.2) is 6.07 Å². The monoisotopic (exact) mass is 286 g/mol. The summed E-state index contributed by atoms with van der Waals surface area (Å²) in [5.74, 6) is 0.633. The first-order valence-corrected chi connectivity index (χ1v) is 7.95. The molecule has 0 spiro atoms. The van der Waals surface area contributed by atoms with E-state index in [2.05, 4.69) is 14.7 Å². The standard InChI is InChI=1S/C11H18N4O3S/c1-9-7-10(8-12-19(2,16)17)14-11(13-9)15-3-5-18-6-4-15/h7,12H,3-6,8H2,1-2H3. The van der Waals surface area contributed by atoms with Gasteiger partial charge in [0.15, 0.2) is 0 Å². The first-order chi connectivity index (χ1) is 8.94. The highest BCUT2D eigenvalue weighted by molar-refractivity contribution is 7.88. The highest BCUT2D eigenvalue weighted by Gasteiger charge is 2.15. The minimum Gasteiger partial charge on any atom is -0.378 e. The number of aromatic nitrogens is 2. The van der Waals surface area contributed by atoms with Gasteiger partial charge in [-0.1, -0.05) is 0 Å². The molecule has 1 aromatic heterocycles. The fourth-order valence-electron chi connectivity index (χ4n) is 1.82. The molecule has 0 radical (unpaired) electrons. The molecule has 1 saturated heterocycles. The van der Waals surface area contributed by atoms with Crippen LogP contribution in [0.1, 0.15) is 11.4 Å². The van der Waals surface area contributed by atoms with Gasteiger partial charge in [-0.3, -0.25) is 0 Å². The molecule has 0 unspecified atom stereocenters. The molecule has 0 aromatic carbocycles. The number of ether oxygens (including phenoxy) is 1. The summed E-state index contributed by atoms with van der Waals surface area (Å²) in [6, 6.07) is 1.78. The van der Waals surface area contributed by atoms with Gasteiger partial charge in [0, 0.05) is 18.8 Å². The Labute approximate surface area is 113 Å². The smallest absolute Gasteiger partial charge is 0.225 e. The quantitative estimate of drug-likeness (QED) is 0.816. The van der Waals surface area contributed by atoms with Gasteiger partial charge in [0.25, 0.3) is 0 Å². The van der Waals surface area contributed by atoms with Crippen molar-refractivity contribution >= 4 is 16.0 Å². The van der Waals surface area contributed by atoms with Crippen molar-refractivity contribution < 1.29 is 13.2 Å². The Hall–Kier alpha value is -1.25. The molecule has 0 amide bonds. The number of morpholine rings is 1. The summed E-state index contributed by atoms with van der Waals surface area (Å²) in [5, 5.41) is 0. The first-order valence-electron chi connectivity index (χ1n) is 6.06. The van der Waals surface area contributed by atoms with E-state index in [9.17, 15) is 8.42 Å². The molecule has 7 nitrogen and oxygen atoms in total. The van der Waals surface area contributed by atoms with E-state index in [1.807, 2.05) is 11.8 Å². The number of nitrogens with one attached hydrogen (secondary N) is 1. The van der Waals surface area contributed by atoms with Gasteiger partial charge >= 0.3 is 0 Å². The van der Waals surface area contributed by atoms with Crippen molar-refractivity contribution in [2.24, 2.45) is 0 Å². The molecule has 0 bridgehead atoms. The van der Waals surface area contributed by atoms with Crippen LogP contribution in [0, 0.1) is 6.92 Å². The summed E-state index contributed by atoms with van der Waals surface area (Å²) in [7, 11) is -3.22. The van der Waals surface area contributed by atoms with Gasteiger partial charge in [0.05, 0.1) is 31.7 Å². The van der Waals surface area contributed by atoms with Crippen molar-refractivity contribution in [1.82, 2.24) is 14.7 Å². The third kappa shape index (κ3) is 4.41. The molecule has 0 atom stereocenters. The van der Waals surface area contributed by atoms with Gasteiger partial charge < -0.3 is 9.64 Å². The van der Waals surface area contributed by atoms with E-state index in [1.165, 1.54) is 0 Å². The Morgan fingerprint density at radius 2 is 2.05 bits per heavy atom. The number of rotatable bonds is 4. The number of sulfonamides is 1. The third-order valence-electron chi connectivity index (χ3n) is 2.70. The Morgan fingerprint density at radius 3 is 2.68 bits per heavy atom. The maximum Gasteiger partial charge on any atom is 0.225 e. The molecule has 1 aromatic rings. The largest absolute Gasteiger partial charge is 0.378 e. The molecule has 2 rings (SSSR count). The van der Waals surface area contributed by atoms with Crippen molar-refractivity contribution in [2.45, 2.75) is 13.5 Å². The van der Waals surface area contributed by atoms with Gasteiger partial charge in [-0.05, 0) is 13.0 Å². The number of nitrogens with zero attached hydrogens (tertiary/aromatic N) is 3. The summed E-state index contributed by atoms with van der Waals surface area (Å²) in [5.41, 5.74) is 1.49. The SMILES string of the molecule is Cc1cc(CNS(C)(=O)=O)nc(N2CCOCC2)n1.